The number of carbonyl (C=O) groups excluding carboxylic acids is 2. The van der Waals surface area contributed by atoms with Crippen molar-refractivity contribution in [2.24, 2.45) is 0 Å². The average Bonchev–Trinajstić information content (AvgIpc) is 3.35. The van der Waals surface area contributed by atoms with Gasteiger partial charge in [-0.1, -0.05) is 30.0 Å². The predicted molar refractivity (Wildman–Crippen MR) is 106 cm³/mol. The van der Waals surface area contributed by atoms with E-state index in [-0.39, 0.29) is 17.6 Å². The molecule has 0 spiro atoms. The molecule has 0 aliphatic heterocycles. The molecule has 1 aliphatic carbocycles. The van der Waals surface area contributed by atoms with Crippen molar-refractivity contribution < 1.29 is 9.59 Å². The van der Waals surface area contributed by atoms with Gasteiger partial charge in [-0.25, -0.2) is 4.98 Å². The number of thiazole rings is 1. The third kappa shape index (κ3) is 4.23. The maximum Gasteiger partial charge on any atom is 0.251 e. The second-order valence-electron chi connectivity index (χ2n) is 6.11. The van der Waals surface area contributed by atoms with Crippen molar-refractivity contribution in [2.75, 3.05) is 11.1 Å². The Morgan fingerprint density at radius 1 is 1.15 bits per heavy atom. The molecule has 1 saturated carbocycles. The number of hydrogen-bond donors (Lipinski definition) is 2. The lowest BCUT2D eigenvalue weighted by Crippen LogP contribution is -2.25. The highest BCUT2D eigenvalue weighted by molar-refractivity contribution is 8.01. The number of benzene rings is 2. The van der Waals surface area contributed by atoms with Gasteiger partial charge in [0.1, 0.15) is 0 Å². The maximum absolute atomic E-state index is 12.2. The van der Waals surface area contributed by atoms with Crippen LogP contribution in [0.1, 0.15) is 23.2 Å². The van der Waals surface area contributed by atoms with Crippen LogP contribution in [0.15, 0.2) is 52.9 Å². The van der Waals surface area contributed by atoms with Gasteiger partial charge in [-0.05, 0) is 43.2 Å². The molecule has 1 aromatic heterocycles. The first-order chi connectivity index (χ1) is 12.7. The molecular weight excluding hydrogens is 366 g/mol. The highest BCUT2D eigenvalue weighted by Crippen LogP contribution is 2.29. The summed E-state index contributed by atoms with van der Waals surface area (Å²) in [5, 5.41) is 5.79. The van der Waals surface area contributed by atoms with Crippen LogP contribution in [0.3, 0.4) is 0 Å². The van der Waals surface area contributed by atoms with Gasteiger partial charge < -0.3 is 10.6 Å². The molecule has 1 fully saturated rings. The van der Waals surface area contributed by atoms with Gasteiger partial charge >= 0.3 is 0 Å². The van der Waals surface area contributed by atoms with Gasteiger partial charge in [0.15, 0.2) is 4.34 Å². The average molecular weight is 383 g/mol. The Hall–Kier alpha value is -2.38. The number of thioether (sulfide) groups is 1. The minimum absolute atomic E-state index is 0.0903. The molecular formula is C19H17N3O2S2. The zero-order chi connectivity index (χ0) is 17.9. The number of nitrogens with zero attached hydrogens (tertiary/aromatic N) is 1. The number of hydrogen-bond acceptors (Lipinski definition) is 5. The predicted octanol–water partition coefficient (Wildman–Crippen LogP) is 3.92. The fourth-order valence-corrected chi connectivity index (χ4v) is 4.34. The van der Waals surface area contributed by atoms with Crippen LogP contribution in [-0.4, -0.2) is 28.6 Å². The SMILES string of the molecule is O=C(CSc1nc2ccccc2s1)Nc1cccc(C(=O)NC2CC2)c1. The number of fused-ring (bicyclic) bond motifs is 1. The van der Waals surface area contributed by atoms with E-state index >= 15 is 0 Å². The minimum Gasteiger partial charge on any atom is -0.349 e. The summed E-state index contributed by atoms with van der Waals surface area (Å²) in [5.41, 5.74) is 2.15. The lowest BCUT2D eigenvalue weighted by Gasteiger charge is -2.07. The number of carbonyl (C=O) groups is 2. The van der Waals surface area contributed by atoms with Crippen LogP contribution in [-0.2, 0) is 4.79 Å². The molecule has 132 valence electrons. The Morgan fingerprint density at radius 3 is 2.81 bits per heavy atom. The van der Waals surface area contributed by atoms with Crippen LogP contribution in [0.2, 0.25) is 0 Å². The monoisotopic (exact) mass is 383 g/mol. The summed E-state index contributed by atoms with van der Waals surface area (Å²) in [6, 6.07) is 15.3. The lowest BCUT2D eigenvalue weighted by atomic mass is 10.2. The van der Waals surface area contributed by atoms with Gasteiger partial charge in [0.2, 0.25) is 5.91 Å². The topological polar surface area (TPSA) is 71.1 Å². The van der Waals surface area contributed by atoms with E-state index in [9.17, 15) is 9.59 Å². The number of para-hydroxylation sites is 1. The Morgan fingerprint density at radius 2 is 2.00 bits per heavy atom. The van der Waals surface area contributed by atoms with E-state index < -0.39 is 0 Å². The number of nitrogens with one attached hydrogen (secondary N) is 2. The van der Waals surface area contributed by atoms with E-state index in [4.69, 9.17) is 0 Å². The highest BCUT2D eigenvalue weighted by Gasteiger charge is 2.23. The van der Waals surface area contributed by atoms with Crippen LogP contribution in [0.5, 0.6) is 0 Å². The first-order valence-corrected chi connectivity index (χ1v) is 10.2. The molecule has 5 nitrogen and oxygen atoms in total. The van der Waals surface area contributed by atoms with Crippen molar-refractivity contribution in [3.05, 3.63) is 54.1 Å². The first kappa shape index (κ1) is 17.1. The van der Waals surface area contributed by atoms with Gasteiger partial charge in [-0.2, -0.15) is 0 Å². The number of aromatic nitrogens is 1. The van der Waals surface area contributed by atoms with Crippen molar-refractivity contribution in [1.29, 1.82) is 0 Å². The van der Waals surface area contributed by atoms with Gasteiger partial charge in [-0.3, -0.25) is 9.59 Å². The minimum atomic E-state index is -0.117. The molecule has 7 heteroatoms. The van der Waals surface area contributed by atoms with E-state index in [1.807, 2.05) is 24.3 Å². The van der Waals surface area contributed by atoms with E-state index in [1.165, 1.54) is 11.8 Å². The maximum atomic E-state index is 12.2. The molecule has 26 heavy (non-hydrogen) atoms. The lowest BCUT2D eigenvalue weighted by molar-refractivity contribution is -0.113. The van der Waals surface area contributed by atoms with Crippen LogP contribution >= 0.6 is 23.1 Å². The zero-order valence-corrected chi connectivity index (χ0v) is 15.5. The van der Waals surface area contributed by atoms with E-state index in [1.54, 1.807) is 35.6 Å². The molecule has 2 N–H and O–H groups in total. The van der Waals surface area contributed by atoms with Gasteiger partial charge in [0.05, 0.1) is 16.0 Å². The Labute approximate surface area is 159 Å². The molecule has 0 unspecified atom stereocenters. The van der Waals surface area contributed by atoms with Crippen LogP contribution in [0.4, 0.5) is 5.69 Å². The van der Waals surface area contributed by atoms with Crippen molar-refractivity contribution in [3.63, 3.8) is 0 Å². The van der Waals surface area contributed by atoms with Crippen molar-refractivity contribution in [3.8, 4) is 0 Å². The summed E-state index contributed by atoms with van der Waals surface area (Å²) in [6.45, 7) is 0. The van der Waals surface area contributed by atoms with E-state index in [2.05, 4.69) is 15.6 Å². The van der Waals surface area contributed by atoms with Crippen LogP contribution in [0, 0.1) is 0 Å². The molecule has 1 aliphatic rings. The van der Waals surface area contributed by atoms with Gasteiger partial charge in [0.25, 0.3) is 5.91 Å². The molecule has 0 saturated heterocycles. The Kier molecular flexibility index (Phi) is 4.90. The van der Waals surface area contributed by atoms with Crippen molar-refractivity contribution in [2.45, 2.75) is 23.2 Å². The molecule has 4 rings (SSSR count). The van der Waals surface area contributed by atoms with E-state index in [0.29, 0.717) is 17.3 Å². The fourth-order valence-electron chi connectivity index (χ4n) is 2.47. The largest absolute Gasteiger partial charge is 0.349 e. The number of rotatable bonds is 6. The molecule has 1 heterocycles. The summed E-state index contributed by atoms with van der Waals surface area (Å²) in [5.74, 6) is 0.0691. The van der Waals surface area contributed by atoms with Gasteiger partial charge in [0, 0.05) is 17.3 Å². The number of anilines is 1. The Balaban J connectivity index is 1.34. The summed E-state index contributed by atoms with van der Waals surface area (Å²) >= 11 is 3.00. The standard InChI is InChI=1S/C19H17N3O2S2/c23-17(11-25-19-22-15-6-1-2-7-16(15)26-19)20-14-5-3-4-12(10-14)18(24)21-13-8-9-13/h1-7,10,13H,8-9,11H2,(H,20,23)(H,21,24). The van der Waals surface area contributed by atoms with Crippen molar-refractivity contribution in [1.82, 2.24) is 10.3 Å². The second kappa shape index (κ2) is 7.47. The van der Waals surface area contributed by atoms with E-state index in [0.717, 1.165) is 27.4 Å². The number of amides is 2. The zero-order valence-electron chi connectivity index (χ0n) is 13.9. The van der Waals surface area contributed by atoms with Crippen LogP contribution < -0.4 is 10.6 Å². The quantitative estimate of drug-likeness (QED) is 0.633. The summed E-state index contributed by atoms with van der Waals surface area (Å²) in [6.07, 6.45) is 2.09. The smallest absolute Gasteiger partial charge is 0.251 e. The van der Waals surface area contributed by atoms with Gasteiger partial charge in [-0.15, -0.1) is 11.3 Å². The van der Waals surface area contributed by atoms with Crippen molar-refractivity contribution >= 4 is 50.8 Å². The summed E-state index contributed by atoms with van der Waals surface area (Å²) < 4.78 is 1.99. The molecule has 0 atom stereocenters. The summed E-state index contributed by atoms with van der Waals surface area (Å²) in [7, 11) is 0. The first-order valence-electron chi connectivity index (χ1n) is 8.36. The Bertz CT molecular complexity index is 933. The highest BCUT2D eigenvalue weighted by atomic mass is 32.2. The molecule has 2 amide bonds. The molecule has 0 radical (unpaired) electrons. The molecule has 3 aromatic rings. The fraction of sp³-hybridized carbons (Fsp3) is 0.211. The second-order valence-corrected chi connectivity index (χ2v) is 8.37. The molecule has 0 bridgehead atoms. The third-order valence-electron chi connectivity index (χ3n) is 3.92. The van der Waals surface area contributed by atoms with Crippen LogP contribution in [0.25, 0.3) is 10.2 Å². The molecule has 2 aromatic carbocycles. The third-order valence-corrected chi connectivity index (χ3v) is 6.10. The normalized spacial score (nSPS) is 13.5. The summed E-state index contributed by atoms with van der Waals surface area (Å²) in [4.78, 5) is 28.8.